The van der Waals surface area contributed by atoms with Gasteiger partial charge in [0.2, 0.25) is 0 Å². The van der Waals surface area contributed by atoms with Gasteiger partial charge in [0.1, 0.15) is 0 Å². The van der Waals surface area contributed by atoms with Gasteiger partial charge in [-0.1, -0.05) is 23.7 Å². The second-order valence-electron chi connectivity index (χ2n) is 3.52. The Kier molecular flexibility index (Phi) is 1.97. The molecule has 0 amide bonds. The van der Waals surface area contributed by atoms with Crippen molar-refractivity contribution < 1.29 is 0 Å². The van der Waals surface area contributed by atoms with Crippen molar-refractivity contribution in [1.82, 2.24) is 4.98 Å². The number of nitrogens with one attached hydrogen (secondary N) is 1. The summed E-state index contributed by atoms with van der Waals surface area (Å²) in [7, 11) is 0. The fourth-order valence-electron chi connectivity index (χ4n) is 1.87. The summed E-state index contributed by atoms with van der Waals surface area (Å²) in [5.74, 6) is 0. The maximum absolute atomic E-state index is 6.13. The van der Waals surface area contributed by atoms with Crippen LogP contribution in [0.2, 0.25) is 5.02 Å². The van der Waals surface area contributed by atoms with E-state index >= 15 is 0 Å². The number of thiazole rings is 1. The van der Waals surface area contributed by atoms with Crippen LogP contribution in [-0.2, 0) is 6.54 Å². The lowest BCUT2D eigenvalue weighted by Crippen LogP contribution is -2.06. The molecule has 0 bridgehead atoms. The molecule has 0 atom stereocenters. The minimum Gasteiger partial charge on any atom is -0.378 e. The molecule has 1 aromatic carbocycles. The van der Waals surface area contributed by atoms with Gasteiger partial charge in [0.25, 0.3) is 0 Å². The molecular weight excluding hydrogens is 228 g/mol. The number of para-hydroxylation sites is 1. The van der Waals surface area contributed by atoms with E-state index in [1.807, 2.05) is 19.1 Å². The average molecular weight is 237 g/mol. The maximum atomic E-state index is 6.13. The summed E-state index contributed by atoms with van der Waals surface area (Å²) in [6.07, 6.45) is 0. The van der Waals surface area contributed by atoms with E-state index in [0.717, 1.165) is 33.5 Å². The van der Waals surface area contributed by atoms with Crippen molar-refractivity contribution in [3.05, 3.63) is 33.1 Å². The third kappa shape index (κ3) is 1.34. The number of hydrogen-bond donors (Lipinski definition) is 1. The van der Waals surface area contributed by atoms with Crippen molar-refractivity contribution in [3.8, 4) is 11.3 Å². The minimum atomic E-state index is 0.767. The SMILES string of the molecule is Cc1nc2c(s1)CNc1c(Cl)cccc1-2. The zero-order valence-electron chi connectivity index (χ0n) is 8.17. The van der Waals surface area contributed by atoms with Gasteiger partial charge in [0, 0.05) is 5.56 Å². The molecule has 1 aliphatic rings. The van der Waals surface area contributed by atoms with Gasteiger partial charge >= 0.3 is 0 Å². The van der Waals surface area contributed by atoms with Gasteiger partial charge in [-0.25, -0.2) is 4.98 Å². The maximum Gasteiger partial charge on any atom is 0.0905 e. The van der Waals surface area contributed by atoms with Crippen LogP contribution in [0, 0.1) is 6.92 Å². The molecule has 1 aromatic heterocycles. The Bertz CT molecular complexity index is 533. The Balaban J connectivity index is 2.29. The second kappa shape index (κ2) is 3.22. The highest BCUT2D eigenvalue weighted by Crippen LogP contribution is 2.40. The molecule has 1 N–H and O–H groups in total. The van der Waals surface area contributed by atoms with Crippen LogP contribution in [0.5, 0.6) is 0 Å². The van der Waals surface area contributed by atoms with Crippen LogP contribution in [0.1, 0.15) is 9.88 Å². The van der Waals surface area contributed by atoms with Gasteiger partial charge in [-0.2, -0.15) is 0 Å². The summed E-state index contributed by atoms with van der Waals surface area (Å²) >= 11 is 7.87. The van der Waals surface area contributed by atoms with E-state index in [1.165, 1.54) is 4.88 Å². The summed E-state index contributed by atoms with van der Waals surface area (Å²) in [5.41, 5.74) is 3.22. The zero-order valence-corrected chi connectivity index (χ0v) is 9.75. The standard InChI is InChI=1S/C11H9ClN2S/c1-6-14-11-7-3-2-4-8(12)10(7)13-5-9(11)15-6/h2-4,13H,5H2,1H3. The number of halogens is 1. The topological polar surface area (TPSA) is 24.9 Å². The predicted molar refractivity (Wildman–Crippen MR) is 64.6 cm³/mol. The lowest BCUT2D eigenvalue weighted by molar-refractivity contribution is 1.14. The van der Waals surface area contributed by atoms with Crippen molar-refractivity contribution in [2.45, 2.75) is 13.5 Å². The average Bonchev–Trinajstić information content (AvgIpc) is 2.59. The summed E-state index contributed by atoms with van der Waals surface area (Å²) in [4.78, 5) is 5.85. The van der Waals surface area contributed by atoms with E-state index in [-0.39, 0.29) is 0 Å². The molecule has 1 aliphatic heterocycles. The van der Waals surface area contributed by atoms with Crippen LogP contribution >= 0.6 is 22.9 Å². The highest BCUT2D eigenvalue weighted by atomic mass is 35.5. The molecular formula is C11H9ClN2S. The first-order valence-corrected chi connectivity index (χ1v) is 5.94. The van der Waals surface area contributed by atoms with Gasteiger partial charge in [0.05, 0.1) is 32.8 Å². The molecule has 2 aromatic rings. The highest BCUT2D eigenvalue weighted by molar-refractivity contribution is 7.12. The van der Waals surface area contributed by atoms with E-state index in [1.54, 1.807) is 11.3 Å². The van der Waals surface area contributed by atoms with Gasteiger partial charge < -0.3 is 5.32 Å². The van der Waals surface area contributed by atoms with Gasteiger partial charge in [0.15, 0.2) is 0 Å². The van der Waals surface area contributed by atoms with Gasteiger partial charge in [-0.3, -0.25) is 0 Å². The third-order valence-electron chi connectivity index (χ3n) is 2.50. The van der Waals surface area contributed by atoms with Crippen LogP contribution in [0.25, 0.3) is 11.3 Å². The number of anilines is 1. The number of nitrogens with zero attached hydrogens (tertiary/aromatic N) is 1. The first kappa shape index (κ1) is 9.19. The fraction of sp³-hybridized carbons (Fsp3) is 0.182. The van der Waals surface area contributed by atoms with Crippen molar-refractivity contribution >= 4 is 28.6 Å². The molecule has 0 aliphatic carbocycles. The van der Waals surface area contributed by atoms with Crippen LogP contribution in [0.15, 0.2) is 18.2 Å². The number of fused-ring (bicyclic) bond motifs is 3. The molecule has 0 radical (unpaired) electrons. The van der Waals surface area contributed by atoms with Crippen LogP contribution < -0.4 is 5.32 Å². The number of aryl methyl sites for hydroxylation is 1. The van der Waals surface area contributed by atoms with Crippen LogP contribution in [-0.4, -0.2) is 4.98 Å². The van der Waals surface area contributed by atoms with Crippen LogP contribution in [0.4, 0.5) is 5.69 Å². The molecule has 0 saturated heterocycles. The van der Waals surface area contributed by atoms with E-state index < -0.39 is 0 Å². The molecule has 2 nitrogen and oxygen atoms in total. The first-order chi connectivity index (χ1) is 7.25. The molecule has 3 rings (SSSR count). The molecule has 15 heavy (non-hydrogen) atoms. The lowest BCUT2D eigenvalue weighted by atomic mass is 10.1. The van der Waals surface area contributed by atoms with E-state index in [2.05, 4.69) is 16.4 Å². The zero-order chi connectivity index (χ0) is 10.4. The van der Waals surface area contributed by atoms with Crippen molar-refractivity contribution in [2.24, 2.45) is 0 Å². The molecule has 76 valence electrons. The van der Waals surface area contributed by atoms with Gasteiger partial charge in [-0.15, -0.1) is 11.3 Å². The summed E-state index contributed by atoms with van der Waals surface area (Å²) < 4.78 is 0. The molecule has 0 unspecified atom stereocenters. The third-order valence-corrected chi connectivity index (χ3v) is 3.78. The summed E-state index contributed by atoms with van der Waals surface area (Å²) in [5, 5.41) is 5.21. The van der Waals surface area contributed by atoms with E-state index in [0.29, 0.717) is 0 Å². The molecule has 2 heterocycles. The largest absolute Gasteiger partial charge is 0.378 e. The van der Waals surface area contributed by atoms with Crippen LogP contribution in [0.3, 0.4) is 0 Å². The molecule has 4 heteroatoms. The van der Waals surface area contributed by atoms with E-state index in [4.69, 9.17) is 11.6 Å². The quantitative estimate of drug-likeness (QED) is 0.755. The Labute approximate surface area is 96.9 Å². The Hall–Kier alpha value is -1.06. The molecule has 0 saturated carbocycles. The van der Waals surface area contributed by atoms with Gasteiger partial charge in [-0.05, 0) is 13.0 Å². The smallest absolute Gasteiger partial charge is 0.0905 e. The normalized spacial score (nSPS) is 12.9. The molecule has 0 spiro atoms. The second-order valence-corrected chi connectivity index (χ2v) is 5.22. The predicted octanol–water partition coefficient (Wildman–Crippen LogP) is 3.70. The van der Waals surface area contributed by atoms with Crippen molar-refractivity contribution in [2.75, 3.05) is 5.32 Å². The Morgan fingerprint density at radius 1 is 1.47 bits per heavy atom. The van der Waals surface area contributed by atoms with Crippen molar-refractivity contribution in [1.29, 1.82) is 0 Å². The highest BCUT2D eigenvalue weighted by Gasteiger charge is 2.20. The van der Waals surface area contributed by atoms with Crippen molar-refractivity contribution in [3.63, 3.8) is 0 Å². The first-order valence-electron chi connectivity index (χ1n) is 4.75. The Morgan fingerprint density at radius 3 is 3.20 bits per heavy atom. The lowest BCUT2D eigenvalue weighted by Gasteiger charge is -2.18. The summed E-state index contributed by atoms with van der Waals surface area (Å²) in [6.45, 7) is 2.87. The minimum absolute atomic E-state index is 0.767. The molecule has 0 fully saturated rings. The van der Waals surface area contributed by atoms with E-state index in [9.17, 15) is 0 Å². The summed E-state index contributed by atoms with van der Waals surface area (Å²) in [6, 6.07) is 5.93. The number of hydrogen-bond acceptors (Lipinski definition) is 3. The monoisotopic (exact) mass is 236 g/mol. The Morgan fingerprint density at radius 2 is 2.33 bits per heavy atom. The number of aromatic nitrogens is 1. The fourth-order valence-corrected chi connectivity index (χ4v) is 3.00. The number of benzene rings is 1. The number of rotatable bonds is 0.